The third kappa shape index (κ3) is 3.61. The van der Waals surface area contributed by atoms with Gasteiger partial charge in [0.25, 0.3) is 5.91 Å². The van der Waals surface area contributed by atoms with Crippen molar-refractivity contribution in [2.45, 2.75) is 6.10 Å². The lowest BCUT2D eigenvalue weighted by Gasteiger charge is -2.36. The van der Waals surface area contributed by atoms with Gasteiger partial charge < -0.3 is 20.1 Å². The molecule has 1 atom stereocenters. The molecule has 18 heavy (non-hydrogen) atoms. The van der Waals surface area contributed by atoms with Crippen LogP contribution in [0.4, 0.5) is 0 Å². The minimum Gasteiger partial charge on any atom is -0.392 e. The first kappa shape index (κ1) is 13.7. The molecule has 2 fully saturated rings. The standard InChI is InChI=1S/C11H19N3O3S/c12-10(18)7-13-1-3-14(4-2-13)11(15)9-8-16-5-6-17-9/h9H,1-8H2,(H2,12,18). The summed E-state index contributed by atoms with van der Waals surface area (Å²) in [4.78, 5) is 16.6. The molecule has 0 radical (unpaired) electrons. The van der Waals surface area contributed by atoms with Gasteiger partial charge >= 0.3 is 0 Å². The van der Waals surface area contributed by atoms with Crippen molar-refractivity contribution in [3.63, 3.8) is 0 Å². The summed E-state index contributed by atoms with van der Waals surface area (Å²) < 4.78 is 10.7. The SMILES string of the molecule is NC(=S)CN1CCN(C(=O)C2COCCO2)CC1. The number of piperazine rings is 1. The molecule has 0 aliphatic carbocycles. The quantitative estimate of drug-likeness (QED) is 0.654. The molecule has 2 aliphatic rings. The van der Waals surface area contributed by atoms with E-state index in [0.29, 0.717) is 44.4 Å². The van der Waals surface area contributed by atoms with E-state index in [1.165, 1.54) is 0 Å². The molecule has 2 aliphatic heterocycles. The summed E-state index contributed by atoms with van der Waals surface area (Å²) in [6.07, 6.45) is -0.430. The van der Waals surface area contributed by atoms with Crippen molar-refractivity contribution in [2.24, 2.45) is 5.73 Å². The Balaban J connectivity index is 1.78. The Morgan fingerprint density at radius 1 is 1.28 bits per heavy atom. The highest BCUT2D eigenvalue weighted by molar-refractivity contribution is 7.80. The van der Waals surface area contributed by atoms with E-state index in [2.05, 4.69) is 4.90 Å². The summed E-state index contributed by atoms with van der Waals surface area (Å²) in [6, 6.07) is 0. The third-order valence-corrected chi connectivity index (χ3v) is 3.28. The van der Waals surface area contributed by atoms with Crippen LogP contribution >= 0.6 is 12.2 Å². The van der Waals surface area contributed by atoms with Crippen LogP contribution in [-0.2, 0) is 14.3 Å². The first-order valence-electron chi connectivity index (χ1n) is 6.15. The number of amides is 1. The summed E-state index contributed by atoms with van der Waals surface area (Å²) in [5.74, 6) is 0.0321. The van der Waals surface area contributed by atoms with Gasteiger partial charge in [-0.25, -0.2) is 0 Å². The Morgan fingerprint density at radius 3 is 2.56 bits per heavy atom. The Morgan fingerprint density at radius 2 is 2.00 bits per heavy atom. The summed E-state index contributed by atoms with van der Waals surface area (Å²) >= 11 is 4.88. The Labute approximate surface area is 112 Å². The highest BCUT2D eigenvalue weighted by Gasteiger charge is 2.29. The number of hydrogen-bond acceptors (Lipinski definition) is 5. The van der Waals surface area contributed by atoms with Gasteiger partial charge in [0, 0.05) is 32.7 Å². The van der Waals surface area contributed by atoms with Gasteiger partial charge in [-0.15, -0.1) is 0 Å². The van der Waals surface area contributed by atoms with Crippen LogP contribution in [0, 0.1) is 0 Å². The molecule has 2 rings (SSSR count). The van der Waals surface area contributed by atoms with Gasteiger partial charge in [0.2, 0.25) is 0 Å². The predicted octanol–water partition coefficient (Wildman–Crippen LogP) is -1.17. The summed E-state index contributed by atoms with van der Waals surface area (Å²) in [6.45, 7) is 5.06. The Kier molecular flexibility index (Phi) is 4.87. The number of ether oxygens (including phenoxy) is 2. The van der Waals surface area contributed by atoms with E-state index >= 15 is 0 Å². The first-order chi connectivity index (χ1) is 8.66. The molecular weight excluding hydrogens is 254 g/mol. The summed E-state index contributed by atoms with van der Waals surface area (Å²) in [7, 11) is 0. The number of nitrogens with zero attached hydrogens (tertiary/aromatic N) is 2. The average molecular weight is 273 g/mol. The number of thiocarbonyl (C=S) groups is 1. The van der Waals surface area contributed by atoms with Crippen molar-refractivity contribution in [1.29, 1.82) is 0 Å². The second kappa shape index (κ2) is 6.42. The molecule has 0 spiro atoms. The number of nitrogens with two attached hydrogens (primary N) is 1. The van der Waals surface area contributed by atoms with Crippen molar-refractivity contribution in [3.8, 4) is 0 Å². The van der Waals surface area contributed by atoms with Crippen LogP contribution < -0.4 is 5.73 Å². The second-order valence-electron chi connectivity index (χ2n) is 4.50. The number of hydrogen-bond donors (Lipinski definition) is 1. The fraction of sp³-hybridized carbons (Fsp3) is 0.818. The van der Waals surface area contributed by atoms with Crippen LogP contribution in [0.15, 0.2) is 0 Å². The zero-order valence-electron chi connectivity index (χ0n) is 10.3. The van der Waals surface area contributed by atoms with Crippen molar-refractivity contribution in [3.05, 3.63) is 0 Å². The minimum absolute atomic E-state index is 0.0321. The molecule has 2 heterocycles. The average Bonchev–Trinajstić information content (AvgIpc) is 2.39. The van der Waals surface area contributed by atoms with Gasteiger partial charge in [0.05, 0.1) is 24.8 Å². The Bertz CT molecular complexity index is 313. The highest BCUT2D eigenvalue weighted by atomic mass is 32.1. The minimum atomic E-state index is -0.430. The van der Waals surface area contributed by atoms with Crippen LogP contribution in [0.3, 0.4) is 0 Å². The fourth-order valence-electron chi connectivity index (χ4n) is 2.18. The van der Waals surface area contributed by atoms with E-state index in [4.69, 9.17) is 27.4 Å². The van der Waals surface area contributed by atoms with E-state index < -0.39 is 6.10 Å². The maximum atomic E-state index is 12.1. The lowest BCUT2D eigenvalue weighted by molar-refractivity contribution is -0.159. The maximum absolute atomic E-state index is 12.1. The van der Waals surface area contributed by atoms with E-state index in [1.54, 1.807) is 0 Å². The molecule has 1 amide bonds. The topological polar surface area (TPSA) is 68.0 Å². The molecule has 1 unspecified atom stereocenters. The molecule has 0 saturated carbocycles. The van der Waals surface area contributed by atoms with Crippen LogP contribution in [0.1, 0.15) is 0 Å². The van der Waals surface area contributed by atoms with E-state index in [9.17, 15) is 4.79 Å². The lowest BCUT2D eigenvalue weighted by Crippen LogP contribution is -2.54. The van der Waals surface area contributed by atoms with Gasteiger partial charge in [0.1, 0.15) is 0 Å². The van der Waals surface area contributed by atoms with E-state index in [1.807, 2.05) is 4.90 Å². The van der Waals surface area contributed by atoms with Crippen molar-refractivity contribution >= 4 is 23.1 Å². The number of rotatable bonds is 3. The maximum Gasteiger partial charge on any atom is 0.254 e. The molecular formula is C11H19N3O3S. The van der Waals surface area contributed by atoms with Gasteiger partial charge in [-0.3, -0.25) is 9.69 Å². The molecule has 0 aromatic carbocycles. The largest absolute Gasteiger partial charge is 0.392 e. The number of carbonyl (C=O) groups is 1. The molecule has 2 saturated heterocycles. The third-order valence-electron chi connectivity index (χ3n) is 3.15. The number of carbonyl (C=O) groups excluding carboxylic acids is 1. The van der Waals surface area contributed by atoms with E-state index in [0.717, 1.165) is 13.1 Å². The highest BCUT2D eigenvalue weighted by Crippen LogP contribution is 2.08. The zero-order valence-corrected chi connectivity index (χ0v) is 11.2. The van der Waals surface area contributed by atoms with E-state index in [-0.39, 0.29) is 5.91 Å². The monoisotopic (exact) mass is 273 g/mol. The molecule has 7 heteroatoms. The summed E-state index contributed by atoms with van der Waals surface area (Å²) in [5.41, 5.74) is 5.51. The first-order valence-corrected chi connectivity index (χ1v) is 6.56. The van der Waals surface area contributed by atoms with Crippen molar-refractivity contribution < 1.29 is 14.3 Å². The lowest BCUT2D eigenvalue weighted by atomic mass is 10.2. The summed E-state index contributed by atoms with van der Waals surface area (Å²) in [5, 5.41) is 0. The van der Waals surface area contributed by atoms with Gasteiger partial charge in [-0.1, -0.05) is 12.2 Å². The van der Waals surface area contributed by atoms with Crippen molar-refractivity contribution in [1.82, 2.24) is 9.80 Å². The smallest absolute Gasteiger partial charge is 0.254 e. The van der Waals surface area contributed by atoms with Gasteiger partial charge in [-0.05, 0) is 0 Å². The molecule has 0 bridgehead atoms. The molecule has 102 valence electrons. The van der Waals surface area contributed by atoms with Crippen LogP contribution in [0.5, 0.6) is 0 Å². The van der Waals surface area contributed by atoms with Crippen LogP contribution in [0.25, 0.3) is 0 Å². The zero-order chi connectivity index (χ0) is 13.0. The van der Waals surface area contributed by atoms with Crippen molar-refractivity contribution in [2.75, 3.05) is 52.5 Å². The van der Waals surface area contributed by atoms with Crippen LogP contribution in [-0.4, -0.2) is 79.3 Å². The van der Waals surface area contributed by atoms with Gasteiger partial charge in [-0.2, -0.15) is 0 Å². The fourth-order valence-corrected chi connectivity index (χ4v) is 2.36. The van der Waals surface area contributed by atoms with Gasteiger partial charge in [0.15, 0.2) is 6.10 Å². The molecule has 6 nitrogen and oxygen atoms in total. The normalized spacial score (nSPS) is 26.0. The van der Waals surface area contributed by atoms with Crippen LogP contribution in [0.2, 0.25) is 0 Å². The second-order valence-corrected chi connectivity index (χ2v) is 5.03. The molecule has 2 N–H and O–H groups in total. The molecule has 0 aromatic heterocycles. The predicted molar refractivity (Wildman–Crippen MR) is 70.4 cm³/mol. The Hall–Kier alpha value is -0.760. The molecule has 0 aromatic rings.